The summed E-state index contributed by atoms with van der Waals surface area (Å²) in [7, 11) is 1.53. The summed E-state index contributed by atoms with van der Waals surface area (Å²) in [4.78, 5) is 12.3. The summed E-state index contributed by atoms with van der Waals surface area (Å²) in [5, 5.41) is 6.57. The smallest absolute Gasteiger partial charge is 0.251 e. The molecule has 6 heteroatoms. The second-order valence-corrected chi connectivity index (χ2v) is 6.15. The van der Waals surface area contributed by atoms with Crippen LogP contribution in [0.15, 0.2) is 42.5 Å². The second kappa shape index (κ2) is 10.6. The molecule has 0 saturated heterocycles. The maximum absolute atomic E-state index is 12.3. The topological polar surface area (TPSA) is 59.6 Å². The van der Waals surface area contributed by atoms with E-state index in [2.05, 4.69) is 10.6 Å². The third-order valence-electron chi connectivity index (χ3n) is 3.68. The molecule has 140 valence electrons. The predicted octanol–water partition coefficient (Wildman–Crippen LogP) is 4.37. The lowest BCUT2D eigenvalue weighted by Gasteiger charge is -2.14. The van der Waals surface area contributed by atoms with Gasteiger partial charge in [-0.2, -0.15) is 0 Å². The summed E-state index contributed by atoms with van der Waals surface area (Å²) in [6, 6.07) is 13.2. The first-order valence-corrected chi connectivity index (χ1v) is 9.11. The van der Waals surface area contributed by atoms with Crippen molar-refractivity contribution < 1.29 is 14.3 Å². The number of nitrogens with one attached hydrogen (secondary N) is 2. The van der Waals surface area contributed by atoms with Gasteiger partial charge in [0.2, 0.25) is 0 Å². The Morgan fingerprint density at radius 3 is 2.62 bits per heavy atom. The van der Waals surface area contributed by atoms with Crippen LogP contribution in [0.2, 0.25) is 5.02 Å². The molecule has 0 unspecified atom stereocenters. The van der Waals surface area contributed by atoms with Gasteiger partial charge in [0.05, 0.1) is 18.7 Å². The Labute approximate surface area is 159 Å². The van der Waals surface area contributed by atoms with Gasteiger partial charge in [0.25, 0.3) is 5.91 Å². The van der Waals surface area contributed by atoms with Gasteiger partial charge in [0.15, 0.2) is 11.5 Å². The lowest BCUT2D eigenvalue weighted by Crippen LogP contribution is -2.26. The monoisotopic (exact) mass is 376 g/mol. The molecule has 0 bridgehead atoms. The number of hydrogen-bond acceptors (Lipinski definition) is 4. The van der Waals surface area contributed by atoms with E-state index in [9.17, 15) is 4.79 Å². The van der Waals surface area contributed by atoms with E-state index in [4.69, 9.17) is 21.1 Å². The number of rotatable bonds is 10. The average molecular weight is 377 g/mol. The quantitative estimate of drug-likeness (QED) is 0.604. The van der Waals surface area contributed by atoms with Crippen molar-refractivity contribution in [1.82, 2.24) is 5.32 Å². The van der Waals surface area contributed by atoms with Crippen LogP contribution in [0.4, 0.5) is 5.69 Å². The van der Waals surface area contributed by atoms with Crippen molar-refractivity contribution in [3.05, 3.63) is 53.1 Å². The van der Waals surface area contributed by atoms with Crippen LogP contribution < -0.4 is 20.1 Å². The number of anilines is 1. The summed E-state index contributed by atoms with van der Waals surface area (Å²) < 4.78 is 10.9. The molecule has 0 aliphatic carbocycles. The van der Waals surface area contributed by atoms with Crippen LogP contribution in [-0.4, -0.2) is 32.7 Å². The fraction of sp³-hybridized carbons (Fsp3) is 0.350. The number of halogens is 1. The number of methoxy groups -OCH3 is 1. The van der Waals surface area contributed by atoms with E-state index in [1.165, 1.54) is 7.11 Å². The molecule has 0 spiro atoms. The van der Waals surface area contributed by atoms with Crippen molar-refractivity contribution in [2.45, 2.75) is 19.8 Å². The minimum Gasteiger partial charge on any atom is -0.493 e. The lowest BCUT2D eigenvalue weighted by atomic mass is 10.2. The zero-order valence-electron chi connectivity index (χ0n) is 15.2. The van der Waals surface area contributed by atoms with Crippen molar-refractivity contribution >= 4 is 23.2 Å². The minimum atomic E-state index is -0.188. The van der Waals surface area contributed by atoms with Crippen LogP contribution in [0.3, 0.4) is 0 Å². The van der Waals surface area contributed by atoms with Crippen LogP contribution >= 0.6 is 11.6 Å². The summed E-state index contributed by atoms with van der Waals surface area (Å²) >= 11 is 6.25. The van der Waals surface area contributed by atoms with Crippen LogP contribution in [0.25, 0.3) is 0 Å². The molecule has 0 heterocycles. The van der Waals surface area contributed by atoms with Crippen molar-refractivity contribution in [2.24, 2.45) is 0 Å². The van der Waals surface area contributed by atoms with Gasteiger partial charge < -0.3 is 20.1 Å². The Morgan fingerprint density at radius 1 is 1.15 bits per heavy atom. The van der Waals surface area contributed by atoms with E-state index < -0.39 is 0 Å². The van der Waals surface area contributed by atoms with Crippen LogP contribution in [0.5, 0.6) is 11.5 Å². The molecule has 2 N–H and O–H groups in total. The molecule has 2 aromatic carbocycles. The van der Waals surface area contributed by atoms with Crippen molar-refractivity contribution in [3.8, 4) is 11.5 Å². The number of benzene rings is 2. The van der Waals surface area contributed by atoms with E-state index >= 15 is 0 Å². The van der Waals surface area contributed by atoms with Gasteiger partial charge in [0, 0.05) is 24.3 Å². The number of carbonyl (C=O) groups is 1. The van der Waals surface area contributed by atoms with E-state index in [0.29, 0.717) is 35.2 Å². The maximum atomic E-state index is 12.3. The molecule has 26 heavy (non-hydrogen) atoms. The molecule has 5 nitrogen and oxygen atoms in total. The second-order valence-electron chi connectivity index (χ2n) is 5.74. The molecular formula is C20H25ClN2O3. The highest BCUT2D eigenvalue weighted by Crippen LogP contribution is 2.36. The van der Waals surface area contributed by atoms with Gasteiger partial charge >= 0.3 is 0 Å². The molecule has 0 radical (unpaired) electrons. The number of hydrogen-bond donors (Lipinski definition) is 2. The largest absolute Gasteiger partial charge is 0.493 e. The van der Waals surface area contributed by atoms with Gasteiger partial charge in [-0.25, -0.2) is 0 Å². The summed E-state index contributed by atoms with van der Waals surface area (Å²) in [6.07, 6.45) is 1.67. The molecule has 0 atom stereocenters. The molecule has 0 aliphatic rings. The van der Waals surface area contributed by atoms with Gasteiger partial charge in [0.1, 0.15) is 0 Å². The molecule has 0 aliphatic heterocycles. The van der Waals surface area contributed by atoms with Crippen molar-refractivity contribution in [1.29, 1.82) is 0 Å². The Kier molecular flexibility index (Phi) is 8.09. The Hall–Kier alpha value is -2.40. The van der Waals surface area contributed by atoms with E-state index in [-0.39, 0.29) is 5.91 Å². The van der Waals surface area contributed by atoms with Crippen molar-refractivity contribution in [2.75, 3.05) is 32.1 Å². The third-order valence-corrected chi connectivity index (χ3v) is 3.96. The van der Waals surface area contributed by atoms with Gasteiger partial charge in [-0.05, 0) is 37.1 Å². The summed E-state index contributed by atoms with van der Waals surface area (Å²) in [5.41, 5.74) is 1.52. The van der Waals surface area contributed by atoms with Gasteiger partial charge in [-0.15, -0.1) is 0 Å². The molecular weight excluding hydrogens is 352 g/mol. The predicted molar refractivity (Wildman–Crippen MR) is 106 cm³/mol. The van der Waals surface area contributed by atoms with Crippen LogP contribution in [0.1, 0.15) is 30.1 Å². The van der Waals surface area contributed by atoms with Crippen LogP contribution in [0, 0.1) is 0 Å². The highest BCUT2D eigenvalue weighted by atomic mass is 35.5. The van der Waals surface area contributed by atoms with E-state index in [1.54, 1.807) is 12.1 Å². The normalized spacial score (nSPS) is 10.3. The molecule has 1 amide bonds. The van der Waals surface area contributed by atoms with E-state index in [1.807, 2.05) is 37.3 Å². The first-order valence-electron chi connectivity index (χ1n) is 8.73. The molecule has 0 aromatic heterocycles. The molecule has 0 saturated carbocycles. The fourth-order valence-electron chi connectivity index (χ4n) is 2.38. The minimum absolute atomic E-state index is 0.188. The zero-order chi connectivity index (χ0) is 18.8. The fourth-order valence-corrected chi connectivity index (χ4v) is 2.64. The summed E-state index contributed by atoms with van der Waals surface area (Å²) in [6.45, 7) is 3.88. The molecule has 2 aromatic rings. The lowest BCUT2D eigenvalue weighted by molar-refractivity contribution is 0.0953. The SMILES string of the molecule is CCCOc1c(Cl)cc(C(=O)NCCCNc2ccccc2)cc1OC. The first-order chi connectivity index (χ1) is 12.7. The molecule has 2 rings (SSSR count). The highest BCUT2D eigenvalue weighted by Gasteiger charge is 2.15. The standard InChI is InChI=1S/C20H25ClN2O3/c1-3-12-26-19-17(21)13-15(14-18(19)25-2)20(24)23-11-7-10-22-16-8-5-4-6-9-16/h4-6,8-9,13-14,22H,3,7,10-12H2,1-2H3,(H,23,24). The van der Waals surface area contributed by atoms with Gasteiger partial charge in [-0.3, -0.25) is 4.79 Å². The molecule has 0 fully saturated rings. The van der Waals surface area contributed by atoms with E-state index in [0.717, 1.165) is 25.1 Å². The van der Waals surface area contributed by atoms with Crippen LogP contribution in [-0.2, 0) is 0 Å². The highest BCUT2D eigenvalue weighted by molar-refractivity contribution is 6.32. The summed E-state index contributed by atoms with van der Waals surface area (Å²) in [5.74, 6) is 0.744. The number of amides is 1. The Morgan fingerprint density at radius 2 is 1.92 bits per heavy atom. The Balaban J connectivity index is 1.85. The maximum Gasteiger partial charge on any atom is 0.251 e. The average Bonchev–Trinajstić information content (AvgIpc) is 2.66. The number of ether oxygens (including phenoxy) is 2. The first kappa shape index (κ1) is 19.9. The Bertz CT molecular complexity index is 708. The number of para-hydroxylation sites is 1. The zero-order valence-corrected chi connectivity index (χ0v) is 15.9. The number of carbonyl (C=O) groups excluding carboxylic acids is 1. The van der Waals surface area contributed by atoms with Crippen molar-refractivity contribution in [3.63, 3.8) is 0 Å². The third kappa shape index (κ3) is 5.85. The van der Waals surface area contributed by atoms with Gasteiger partial charge in [-0.1, -0.05) is 36.7 Å².